The summed E-state index contributed by atoms with van der Waals surface area (Å²) in [7, 11) is 0. The van der Waals surface area contributed by atoms with Gasteiger partial charge in [-0.05, 0) is 46.5 Å². The van der Waals surface area contributed by atoms with E-state index >= 15 is 0 Å². The Morgan fingerprint density at radius 1 is 1.24 bits per heavy atom. The number of carbonyl (C=O) groups excluding carboxylic acids is 1. The fraction of sp³-hybridized carbons (Fsp3) is 0.938. The van der Waals surface area contributed by atoms with Gasteiger partial charge >= 0.3 is 6.09 Å². The standard InChI is InChI=1S/C16H30INO3/c1-12-8-6-7-9-13(12)20-16(5,10-17)11-18-14(19)21-15(2,3)4/h12-13H,6-11H2,1-5H3,(H,18,19). The number of halogens is 1. The van der Waals surface area contributed by atoms with Crippen LogP contribution in [0.3, 0.4) is 0 Å². The molecule has 5 heteroatoms. The number of nitrogens with one attached hydrogen (secondary N) is 1. The Kier molecular flexibility index (Phi) is 7.24. The third-order valence-corrected chi connectivity index (χ3v) is 5.37. The van der Waals surface area contributed by atoms with Gasteiger partial charge < -0.3 is 14.8 Å². The summed E-state index contributed by atoms with van der Waals surface area (Å²) in [5.74, 6) is 0.600. The summed E-state index contributed by atoms with van der Waals surface area (Å²) >= 11 is 2.33. The molecule has 1 rings (SSSR count). The lowest BCUT2D eigenvalue weighted by atomic mass is 9.87. The first kappa shape index (κ1) is 19.0. The number of carbonyl (C=O) groups is 1. The molecule has 0 aromatic rings. The number of amides is 1. The molecule has 0 spiro atoms. The van der Waals surface area contributed by atoms with Gasteiger partial charge in [0.15, 0.2) is 0 Å². The van der Waals surface area contributed by atoms with E-state index in [0.29, 0.717) is 18.6 Å². The summed E-state index contributed by atoms with van der Waals surface area (Å²) < 4.78 is 12.5. The van der Waals surface area contributed by atoms with Crippen molar-refractivity contribution in [1.82, 2.24) is 5.32 Å². The topological polar surface area (TPSA) is 47.6 Å². The predicted molar refractivity (Wildman–Crippen MR) is 94.0 cm³/mol. The normalized spacial score (nSPS) is 26.0. The van der Waals surface area contributed by atoms with Crippen LogP contribution in [0.15, 0.2) is 0 Å². The van der Waals surface area contributed by atoms with E-state index in [1.807, 2.05) is 20.8 Å². The van der Waals surface area contributed by atoms with Crippen molar-refractivity contribution in [3.05, 3.63) is 0 Å². The van der Waals surface area contributed by atoms with E-state index in [0.717, 1.165) is 10.8 Å². The highest BCUT2D eigenvalue weighted by atomic mass is 127. The van der Waals surface area contributed by atoms with Crippen LogP contribution in [0.5, 0.6) is 0 Å². The lowest BCUT2D eigenvalue weighted by Gasteiger charge is -2.37. The van der Waals surface area contributed by atoms with Gasteiger partial charge in [0.2, 0.25) is 0 Å². The number of rotatable bonds is 5. The van der Waals surface area contributed by atoms with E-state index in [9.17, 15) is 4.79 Å². The fourth-order valence-corrected chi connectivity index (χ4v) is 2.97. The van der Waals surface area contributed by atoms with Crippen molar-refractivity contribution >= 4 is 28.7 Å². The molecule has 1 amide bonds. The number of hydrogen-bond acceptors (Lipinski definition) is 3. The second kappa shape index (κ2) is 7.99. The SMILES string of the molecule is CC1CCCCC1OC(C)(CI)CNC(=O)OC(C)(C)C. The van der Waals surface area contributed by atoms with Crippen molar-refractivity contribution in [2.45, 2.75) is 77.6 Å². The van der Waals surface area contributed by atoms with E-state index in [4.69, 9.17) is 9.47 Å². The smallest absolute Gasteiger partial charge is 0.407 e. The number of alkyl halides is 1. The Balaban J connectivity index is 2.49. The van der Waals surface area contributed by atoms with Crippen LogP contribution in [0.4, 0.5) is 4.79 Å². The van der Waals surface area contributed by atoms with Gasteiger partial charge in [-0.25, -0.2) is 4.79 Å². The largest absolute Gasteiger partial charge is 0.444 e. The Morgan fingerprint density at radius 3 is 2.38 bits per heavy atom. The highest BCUT2D eigenvalue weighted by molar-refractivity contribution is 14.1. The molecule has 1 aliphatic rings. The quantitative estimate of drug-likeness (QED) is 0.542. The van der Waals surface area contributed by atoms with Gasteiger partial charge in [0.25, 0.3) is 0 Å². The number of alkyl carbamates (subject to hydrolysis) is 1. The molecule has 1 saturated carbocycles. The lowest BCUT2D eigenvalue weighted by Crippen LogP contribution is -2.48. The maximum atomic E-state index is 11.8. The van der Waals surface area contributed by atoms with Crippen molar-refractivity contribution in [1.29, 1.82) is 0 Å². The summed E-state index contributed by atoms with van der Waals surface area (Å²) in [4.78, 5) is 11.8. The molecular weight excluding hydrogens is 381 g/mol. The van der Waals surface area contributed by atoms with Gasteiger partial charge in [0.1, 0.15) is 5.60 Å². The van der Waals surface area contributed by atoms with Gasteiger partial charge in [0.05, 0.1) is 18.2 Å². The second-order valence-corrected chi connectivity index (χ2v) is 8.12. The zero-order valence-corrected chi connectivity index (χ0v) is 16.2. The van der Waals surface area contributed by atoms with Crippen LogP contribution in [0.1, 0.15) is 60.3 Å². The van der Waals surface area contributed by atoms with Crippen LogP contribution in [-0.2, 0) is 9.47 Å². The minimum absolute atomic E-state index is 0.305. The molecule has 124 valence electrons. The van der Waals surface area contributed by atoms with E-state index in [1.165, 1.54) is 19.3 Å². The monoisotopic (exact) mass is 411 g/mol. The first-order valence-electron chi connectivity index (χ1n) is 7.86. The summed E-state index contributed by atoms with van der Waals surface area (Å²) in [5, 5.41) is 2.84. The van der Waals surface area contributed by atoms with E-state index in [2.05, 4.69) is 41.8 Å². The van der Waals surface area contributed by atoms with Crippen LogP contribution in [0.2, 0.25) is 0 Å². The van der Waals surface area contributed by atoms with E-state index in [-0.39, 0.29) is 11.7 Å². The Hall–Kier alpha value is -0.0400. The molecule has 1 fully saturated rings. The maximum absolute atomic E-state index is 11.8. The molecule has 1 N–H and O–H groups in total. The van der Waals surface area contributed by atoms with Gasteiger partial charge in [-0.1, -0.05) is 42.4 Å². The lowest BCUT2D eigenvalue weighted by molar-refractivity contribution is -0.0986. The molecule has 4 nitrogen and oxygen atoms in total. The molecule has 0 bridgehead atoms. The number of hydrogen-bond donors (Lipinski definition) is 1. The van der Waals surface area contributed by atoms with Crippen molar-refractivity contribution in [3.63, 3.8) is 0 Å². The summed E-state index contributed by atoms with van der Waals surface area (Å²) in [6, 6.07) is 0. The third kappa shape index (κ3) is 7.17. The molecule has 3 unspecified atom stereocenters. The summed E-state index contributed by atoms with van der Waals surface area (Å²) in [5.41, 5.74) is -0.808. The van der Waals surface area contributed by atoms with Gasteiger partial charge in [-0.2, -0.15) is 0 Å². The van der Waals surface area contributed by atoms with E-state index < -0.39 is 5.60 Å². The van der Waals surface area contributed by atoms with Crippen LogP contribution in [0.25, 0.3) is 0 Å². The molecule has 0 aromatic heterocycles. The molecule has 0 aromatic carbocycles. The highest BCUT2D eigenvalue weighted by Crippen LogP contribution is 2.30. The van der Waals surface area contributed by atoms with Gasteiger partial charge in [-0.3, -0.25) is 0 Å². The fourth-order valence-electron chi connectivity index (χ4n) is 2.52. The molecule has 3 atom stereocenters. The van der Waals surface area contributed by atoms with Gasteiger partial charge in [-0.15, -0.1) is 0 Å². The van der Waals surface area contributed by atoms with Gasteiger partial charge in [0, 0.05) is 4.43 Å². The average Bonchev–Trinajstić information content (AvgIpc) is 2.37. The molecule has 21 heavy (non-hydrogen) atoms. The second-order valence-electron chi connectivity index (χ2n) is 7.36. The zero-order chi connectivity index (χ0) is 16.1. The minimum atomic E-state index is -0.469. The molecule has 0 heterocycles. The van der Waals surface area contributed by atoms with Crippen LogP contribution in [0, 0.1) is 5.92 Å². The Morgan fingerprint density at radius 2 is 1.86 bits per heavy atom. The Bertz CT molecular complexity index is 343. The first-order valence-corrected chi connectivity index (χ1v) is 9.38. The number of ether oxygens (including phenoxy) is 2. The van der Waals surface area contributed by atoms with Crippen LogP contribution < -0.4 is 5.32 Å². The maximum Gasteiger partial charge on any atom is 0.407 e. The zero-order valence-electron chi connectivity index (χ0n) is 14.0. The van der Waals surface area contributed by atoms with Crippen LogP contribution >= 0.6 is 22.6 Å². The van der Waals surface area contributed by atoms with Crippen LogP contribution in [-0.4, -0.2) is 34.4 Å². The predicted octanol–water partition coefficient (Wildman–Crippen LogP) is 4.30. The molecule has 0 aliphatic heterocycles. The van der Waals surface area contributed by atoms with E-state index in [1.54, 1.807) is 0 Å². The van der Waals surface area contributed by atoms with Crippen molar-refractivity contribution in [3.8, 4) is 0 Å². The highest BCUT2D eigenvalue weighted by Gasteiger charge is 2.32. The Labute approximate surface area is 142 Å². The summed E-state index contributed by atoms with van der Waals surface area (Å²) in [6.45, 7) is 10.4. The third-order valence-electron chi connectivity index (χ3n) is 3.76. The molecule has 1 aliphatic carbocycles. The molecule has 0 radical (unpaired) electrons. The summed E-state index contributed by atoms with van der Waals surface area (Å²) in [6.07, 6.45) is 4.84. The molecular formula is C16H30INO3. The van der Waals surface area contributed by atoms with Crippen molar-refractivity contribution < 1.29 is 14.3 Å². The first-order chi connectivity index (χ1) is 9.65. The molecule has 0 saturated heterocycles. The van der Waals surface area contributed by atoms with Crippen molar-refractivity contribution in [2.75, 3.05) is 11.0 Å². The minimum Gasteiger partial charge on any atom is -0.444 e. The average molecular weight is 411 g/mol. The van der Waals surface area contributed by atoms with Crippen molar-refractivity contribution in [2.24, 2.45) is 5.92 Å².